The van der Waals surface area contributed by atoms with Gasteiger partial charge in [0.05, 0.1) is 0 Å². The highest BCUT2D eigenvalue weighted by Gasteiger charge is 2.25. The zero-order chi connectivity index (χ0) is 25.8. The normalized spacial score (nSPS) is 11.9. The number of ether oxygens (including phenoxy) is 2. The van der Waals surface area contributed by atoms with E-state index < -0.39 is 23.7 Å². The first-order valence-corrected chi connectivity index (χ1v) is 11.9. The Kier molecular flexibility index (Phi) is 10.6. The average molecular weight is 485 g/mol. The van der Waals surface area contributed by atoms with Gasteiger partial charge in [-0.3, -0.25) is 4.79 Å². The molecule has 0 saturated heterocycles. The number of carbonyl (C=O) groups excluding carboxylic acids is 3. The van der Waals surface area contributed by atoms with Crippen LogP contribution in [0.5, 0.6) is 5.75 Å². The SMILES string of the molecule is CCCCCNC(=O)C(Cc1ccc(O)c(C(=O)OCc2ccccc2)c1)NC(=O)OC(C)(C)C. The van der Waals surface area contributed by atoms with Crippen molar-refractivity contribution in [2.24, 2.45) is 0 Å². The first-order valence-electron chi connectivity index (χ1n) is 11.9. The molecule has 0 bridgehead atoms. The second kappa shape index (κ2) is 13.4. The van der Waals surface area contributed by atoms with Crippen LogP contribution >= 0.6 is 0 Å². The molecule has 0 aliphatic carbocycles. The topological polar surface area (TPSA) is 114 Å². The van der Waals surface area contributed by atoms with Crippen molar-refractivity contribution in [1.82, 2.24) is 10.6 Å². The Morgan fingerprint density at radius 2 is 1.71 bits per heavy atom. The van der Waals surface area contributed by atoms with Crippen LogP contribution in [0.4, 0.5) is 4.79 Å². The van der Waals surface area contributed by atoms with E-state index in [2.05, 4.69) is 17.6 Å². The molecular weight excluding hydrogens is 448 g/mol. The fourth-order valence-corrected chi connectivity index (χ4v) is 3.28. The molecule has 0 saturated carbocycles. The van der Waals surface area contributed by atoms with Crippen molar-refractivity contribution in [3.63, 3.8) is 0 Å². The number of alkyl carbamates (subject to hydrolysis) is 1. The molecule has 0 fully saturated rings. The van der Waals surface area contributed by atoms with Gasteiger partial charge in [0.1, 0.15) is 29.6 Å². The van der Waals surface area contributed by atoms with Crippen molar-refractivity contribution in [2.45, 2.75) is 71.6 Å². The average Bonchev–Trinajstić information content (AvgIpc) is 2.80. The third-order valence-corrected chi connectivity index (χ3v) is 5.02. The molecular formula is C27H36N2O6. The van der Waals surface area contributed by atoms with Crippen molar-refractivity contribution >= 4 is 18.0 Å². The first-order chi connectivity index (χ1) is 16.6. The monoisotopic (exact) mass is 484 g/mol. The van der Waals surface area contributed by atoms with E-state index in [1.165, 1.54) is 12.1 Å². The van der Waals surface area contributed by atoms with Gasteiger partial charge in [-0.25, -0.2) is 9.59 Å². The minimum absolute atomic E-state index is 0.0159. The van der Waals surface area contributed by atoms with Gasteiger partial charge >= 0.3 is 12.1 Å². The maximum Gasteiger partial charge on any atom is 0.408 e. The summed E-state index contributed by atoms with van der Waals surface area (Å²) in [5.41, 5.74) is 0.648. The number of benzene rings is 2. The van der Waals surface area contributed by atoms with Crippen molar-refractivity contribution in [1.29, 1.82) is 0 Å². The van der Waals surface area contributed by atoms with Crippen LogP contribution in [-0.4, -0.2) is 41.3 Å². The molecule has 3 N–H and O–H groups in total. The van der Waals surface area contributed by atoms with E-state index in [0.717, 1.165) is 24.8 Å². The summed E-state index contributed by atoms with van der Waals surface area (Å²) in [5.74, 6) is -1.27. The molecule has 1 unspecified atom stereocenters. The lowest BCUT2D eigenvalue weighted by atomic mass is 10.0. The molecule has 2 rings (SSSR count). The lowest BCUT2D eigenvalue weighted by Gasteiger charge is -2.23. The number of hydrogen-bond donors (Lipinski definition) is 3. The van der Waals surface area contributed by atoms with Crippen LogP contribution in [0.15, 0.2) is 48.5 Å². The summed E-state index contributed by atoms with van der Waals surface area (Å²) < 4.78 is 10.6. The van der Waals surface area contributed by atoms with Gasteiger partial charge in [-0.1, -0.05) is 56.2 Å². The van der Waals surface area contributed by atoms with Crippen molar-refractivity contribution in [2.75, 3.05) is 6.54 Å². The Bertz CT molecular complexity index is 985. The number of phenols is 1. The van der Waals surface area contributed by atoms with E-state index in [-0.39, 0.29) is 30.2 Å². The molecule has 0 aromatic heterocycles. The maximum absolute atomic E-state index is 12.8. The molecule has 0 aliphatic rings. The Labute approximate surface area is 207 Å². The summed E-state index contributed by atoms with van der Waals surface area (Å²) in [5, 5.41) is 15.7. The van der Waals surface area contributed by atoms with Crippen LogP contribution in [0.1, 0.15) is 68.4 Å². The Hall–Kier alpha value is -3.55. The molecule has 2 aromatic rings. The summed E-state index contributed by atoms with van der Waals surface area (Å²) in [4.78, 5) is 37.8. The summed E-state index contributed by atoms with van der Waals surface area (Å²) in [6.07, 6.45) is 2.21. The van der Waals surface area contributed by atoms with Gasteiger partial charge in [-0.2, -0.15) is 0 Å². The van der Waals surface area contributed by atoms with Crippen LogP contribution < -0.4 is 10.6 Å². The zero-order valence-electron chi connectivity index (χ0n) is 20.9. The molecule has 1 atom stereocenters. The maximum atomic E-state index is 12.8. The fourth-order valence-electron chi connectivity index (χ4n) is 3.28. The van der Waals surface area contributed by atoms with E-state index in [9.17, 15) is 19.5 Å². The highest BCUT2D eigenvalue weighted by molar-refractivity contribution is 5.92. The summed E-state index contributed by atoms with van der Waals surface area (Å²) in [6, 6.07) is 12.7. The standard InChI is InChI=1S/C27H36N2O6/c1-5-6-10-15-28-24(31)22(29-26(33)35-27(2,3)4)17-20-13-14-23(30)21(16-20)25(32)34-18-19-11-8-7-9-12-19/h7-9,11-14,16,22,30H,5-6,10,15,17-18H2,1-4H3,(H,28,31)(H,29,33). The molecule has 0 aliphatic heterocycles. The smallest absolute Gasteiger partial charge is 0.408 e. The lowest BCUT2D eigenvalue weighted by molar-refractivity contribution is -0.123. The van der Waals surface area contributed by atoms with E-state index in [0.29, 0.717) is 12.1 Å². The van der Waals surface area contributed by atoms with E-state index in [4.69, 9.17) is 9.47 Å². The number of hydrogen-bond acceptors (Lipinski definition) is 6. The van der Waals surface area contributed by atoms with Crippen molar-refractivity contribution < 1.29 is 29.0 Å². The van der Waals surface area contributed by atoms with Gasteiger partial charge in [0.15, 0.2) is 0 Å². The molecule has 2 amide bonds. The molecule has 0 spiro atoms. The summed E-state index contributed by atoms with van der Waals surface area (Å²) in [7, 11) is 0. The molecule has 0 radical (unpaired) electrons. The van der Waals surface area contributed by atoms with Gasteiger partial charge < -0.3 is 25.2 Å². The Morgan fingerprint density at radius 3 is 2.37 bits per heavy atom. The number of unbranched alkanes of at least 4 members (excludes halogenated alkanes) is 2. The zero-order valence-corrected chi connectivity index (χ0v) is 20.9. The number of phenolic OH excluding ortho intramolecular Hbond substituents is 1. The van der Waals surface area contributed by atoms with Gasteiger partial charge in [0.2, 0.25) is 5.91 Å². The Balaban J connectivity index is 2.13. The van der Waals surface area contributed by atoms with Crippen LogP contribution in [-0.2, 0) is 27.3 Å². The second-order valence-electron chi connectivity index (χ2n) is 9.31. The minimum Gasteiger partial charge on any atom is -0.507 e. The van der Waals surface area contributed by atoms with Gasteiger partial charge in [0, 0.05) is 13.0 Å². The predicted octanol–water partition coefficient (Wildman–Crippen LogP) is 4.49. The summed E-state index contributed by atoms with van der Waals surface area (Å²) >= 11 is 0. The predicted molar refractivity (Wildman–Crippen MR) is 133 cm³/mol. The van der Waals surface area contributed by atoms with E-state index in [1.807, 2.05) is 30.3 Å². The molecule has 190 valence electrons. The third-order valence-electron chi connectivity index (χ3n) is 5.02. The van der Waals surface area contributed by atoms with Gasteiger partial charge in [0.25, 0.3) is 0 Å². The summed E-state index contributed by atoms with van der Waals surface area (Å²) in [6.45, 7) is 7.83. The fraction of sp³-hybridized carbons (Fsp3) is 0.444. The van der Waals surface area contributed by atoms with Gasteiger partial charge in [-0.05, 0) is 50.5 Å². The van der Waals surface area contributed by atoms with Gasteiger partial charge in [-0.15, -0.1) is 0 Å². The minimum atomic E-state index is -0.927. The molecule has 8 heteroatoms. The highest BCUT2D eigenvalue weighted by Crippen LogP contribution is 2.21. The molecule has 35 heavy (non-hydrogen) atoms. The number of carbonyl (C=O) groups is 3. The molecule has 0 heterocycles. The second-order valence-corrected chi connectivity index (χ2v) is 9.31. The van der Waals surface area contributed by atoms with Crippen LogP contribution in [0.25, 0.3) is 0 Å². The van der Waals surface area contributed by atoms with E-state index >= 15 is 0 Å². The number of amides is 2. The van der Waals surface area contributed by atoms with Crippen molar-refractivity contribution in [3.05, 3.63) is 65.2 Å². The van der Waals surface area contributed by atoms with Crippen LogP contribution in [0, 0.1) is 0 Å². The third kappa shape index (κ3) is 10.1. The first kappa shape index (κ1) is 27.7. The van der Waals surface area contributed by atoms with Crippen molar-refractivity contribution in [3.8, 4) is 5.75 Å². The lowest BCUT2D eigenvalue weighted by Crippen LogP contribution is -2.49. The molecule has 2 aromatic carbocycles. The van der Waals surface area contributed by atoms with Crippen LogP contribution in [0.3, 0.4) is 0 Å². The van der Waals surface area contributed by atoms with E-state index in [1.54, 1.807) is 26.8 Å². The number of rotatable bonds is 11. The quantitative estimate of drug-likeness (QED) is 0.320. The largest absolute Gasteiger partial charge is 0.507 e. The number of nitrogens with one attached hydrogen (secondary N) is 2. The highest BCUT2D eigenvalue weighted by atomic mass is 16.6. The molecule has 8 nitrogen and oxygen atoms in total. The number of esters is 1. The van der Waals surface area contributed by atoms with Crippen LogP contribution in [0.2, 0.25) is 0 Å². The Morgan fingerprint density at radius 1 is 1.00 bits per heavy atom. The number of aromatic hydroxyl groups is 1.